The molecule has 0 N–H and O–H groups in total. The average molecular weight is 210 g/mol. The first-order valence-electron chi connectivity index (χ1n) is 4.70. The predicted octanol–water partition coefficient (Wildman–Crippen LogP) is 1.37. The van der Waals surface area contributed by atoms with E-state index in [1.165, 1.54) is 13.8 Å². The summed E-state index contributed by atoms with van der Waals surface area (Å²) in [6.07, 6.45) is 4.28. The van der Waals surface area contributed by atoms with E-state index in [2.05, 4.69) is 0 Å². The minimum atomic E-state index is -0.517. The fourth-order valence-electron chi connectivity index (χ4n) is 1.40. The molecular formula is C11H14O4. The number of carbonyl (C=O) groups is 2. The molecule has 0 aromatic carbocycles. The van der Waals surface area contributed by atoms with Crippen LogP contribution >= 0.6 is 0 Å². The zero-order valence-corrected chi connectivity index (χ0v) is 9.02. The zero-order chi connectivity index (χ0) is 11.4. The lowest BCUT2D eigenvalue weighted by molar-refractivity contribution is -0.159. The van der Waals surface area contributed by atoms with Crippen molar-refractivity contribution >= 4 is 11.9 Å². The number of hydrogen-bond donors (Lipinski definition) is 0. The minimum Gasteiger partial charge on any atom is -0.454 e. The minimum absolute atomic E-state index is 0.389. The summed E-state index contributed by atoms with van der Waals surface area (Å²) in [6.45, 7) is 4.48. The fraction of sp³-hybridized carbons (Fsp3) is 0.455. The highest BCUT2D eigenvalue weighted by molar-refractivity contribution is 5.68. The van der Waals surface area contributed by atoms with Gasteiger partial charge in [0.2, 0.25) is 0 Å². The molecule has 1 aliphatic rings. The maximum Gasteiger partial charge on any atom is 0.303 e. The van der Waals surface area contributed by atoms with Crippen LogP contribution in [0.15, 0.2) is 23.8 Å². The Labute approximate surface area is 88.6 Å². The van der Waals surface area contributed by atoms with Crippen LogP contribution in [-0.2, 0) is 19.1 Å². The van der Waals surface area contributed by atoms with Crippen LogP contribution in [0.25, 0.3) is 0 Å². The molecule has 0 aliphatic heterocycles. The molecule has 0 saturated carbocycles. The van der Waals surface area contributed by atoms with Crippen LogP contribution in [0.1, 0.15) is 20.8 Å². The van der Waals surface area contributed by atoms with Gasteiger partial charge in [0.1, 0.15) is 0 Å². The van der Waals surface area contributed by atoms with E-state index in [0.29, 0.717) is 0 Å². The molecule has 0 radical (unpaired) electrons. The zero-order valence-electron chi connectivity index (χ0n) is 9.02. The summed E-state index contributed by atoms with van der Waals surface area (Å²) in [5.74, 6) is -0.781. The van der Waals surface area contributed by atoms with Crippen LogP contribution in [0.3, 0.4) is 0 Å². The van der Waals surface area contributed by atoms with Crippen LogP contribution in [0, 0.1) is 0 Å². The lowest BCUT2D eigenvalue weighted by Gasteiger charge is -2.26. The Morgan fingerprint density at radius 3 is 2.33 bits per heavy atom. The van der Waals surface area contributed by atoms with Crippen LogP contribution in [-0.4, -0.2) is 24.1 Å². The third-order valence-electron chi connectivity index (χ3n) is 2.00. The van der Waals surface area contributed by atoms with E-state index < -0.39 is 18.2 Å². The molecule has 1 rings (SSSR count). The number of carbonyl (C=O) groups excluding carboxylic acids is 2. The van der Waals surface area contributed by atoms with Gasteiger partial charge in [0.05, 0.1) is 0 Å². The van der Waals surface area contributed by atoms with Crippen molar-refractivity contribution in [3.63, 3.8) is 0 Å². The van der Waals surface area contributed by atoms with Gasteiger partial charge in [0.15, 0.2) is 12.2 Å². The number of hydrogen-bond acceptors (Lipinski definition) is 4. The van der Waals surface area contributed by atoms with Gasteiger partial charge in [-0.3, -0.25) is 9.59 Å². The van der Waals surface area contributed by atoms with E-state index in [1.54, 1.807) is 12.2 Å². The van der Waals surface area contributed by atoms with Crippen molar-refractivity contribution in [1.82, 2.24) is 0 Å². The highest BCUT2D eigenvalue weighted by atomic mass is 16.6. The largest absolute Gasteiger partial charge is 0.454 e. The number of rotatable bonds is 2. The smallest absolute Gasteiger partial charge is 0.303 e. The van der Waals surface area contributed by atoms with Crippen LogP contribution in [0.5, 0.6) is 0 Å². The Balaban J connectivity index is 2.76. The van der Waals surface area contributed by atoms with Gasteiger partial charge in [-0.15, -0.1) is 0 Å². The third kappa shape index (κ3) is 3.23. The lowest BCUT2D eigenvalue weighted by Crippen LogP contribution is -2.35. The molecule has 2 unspecified atom stereocenters. The second-order valence-corrected chi connectivity index (χ2v) is 3.40. The number of esters is 2. The number of ether oxygens (including phenoxy) is 2. The first-order valence-corrected chi connectivity index (χ1v) is 4.70. The second-order valence-electron chi connectivity index (χ2n) is 3.40. The van der Waals surface area contributed by atoms with Gasteiger partial charge in [-0.25, -0.2) is 0 Å². The van der Waals surface area contributed by atoms with Gasteiger partial charge in [0, 0.05) is 13.8 Å². The first-order chi connectivity index (χ1) is 7.00. The van der Waals surface area contributed by atoms with Gasteiger partial charge < -0.3 is 9.47 Å². The van der Waals surface area contributed by atoms with Crippen molar-refractivity contribution in [2.75, 3.05) is 0 Å². The molecule has 15 heavy (non-hydrogen) atoms. The first kappa shape index (κ1) is 11.5. The molecule has 0 spiro atoms. The molecule has 2 atom stereocenters. The van der Waals surface area contributed by atoms with Gasteiger partial charge in [-0.1, -0.05) is 12.2 Å². The van der Waals surface area contributed by atoms with Crippen molar-refractivity contribution in [3.8, 4) is 0 Å². The summed E-state index contributed by atoms with van der Waals surface area (Å²) < 4.78 is 10.1. The molecule has 0 amide bonds. The van der Waals surface area contributed by atoms with E-state index in [-0.39, 0.29) is 5.97 Å². The molecule has 0 aromatic rings. The predicted molar refractivity (Wildman–Crippen MR) is 54.0 cm³/mol. The Bertz CT molecular complexity index is 327. The maximum atomic E-state index is 10.9. The van der Waals surface area contributed by atoms with Gasteiger partial charge in [0.25, 0.3) is 0 Å². The molecule has 0 saturated heterocycles. The van der Waals surface area contributed by atoms with Gasteiger partial charge in [-0.05, 0) is 18.6 Å². The van der Waals surface area contributed by atoms with Crippen molar-refractivity contribution in [1.29, 1.82) is 0 Å². The van der Waals surface area contributed by atoms with Gasteiger partial charge in [-0.2, -0.15) is 0 Å². The molecule has 82 valence electrons. The summed E-state index contributed by atoms with van der Waals surface area (Å²) in [4.78, 5) is 21.7. The highest BCUT2D eigenvalue weighted by Crippen LogP contribution is 2.19. The quantitative estimate of drug-likeness (QED) is 0.646. The van der Waals surface area contributed by atoms with E-state index in [4.69, 9.17) is 9.47 Å². The normalized spacial score (nSPS) is 24.3. The van der Waals surface area contributed by atoms with E-state index in [0.717, 1.165) is 5.57 Å². The maximum absolute atomic E-state index is 10.9. The second kappa shape index (κ2) is 4.77. The topological polar surface area (TPSA) is 52.6 Å². The van der Waals surface area contributed by atoms with Gasteiger partial charge >= 0.3 is 11.9 Å². The summed E-state index contributed by atoms with van der Waals surface area (Å²) in [6, 6.07) is 0. The third-order valence-corrected chi connectivity index (χ3v) is 2.00. The van der Waals surface area contributed by atoms with E-state index in [1.807, 2.05) is 13.0 Å². The summed E-state index contributed by atoms with van der Waals surface area (Å²) >= 11 is 0. The Hall–Kier alpha value is -1.58. The monoisotopic (exact) mass is 210 g/mol. The van der Waals surface area contributed by atoms with Crippen molar-refractivity contribution in [3.05, 3.63) is 23.8 Å². The average Bonchev–Trinajstić information content (AvgIpc) is 2.09. The number of allylic oxidation sites excluding steroid dienone is 2. The van der Waals surface area contributed by atoms with E-state index >= 15 is 0 Å². The summed E-state index contributed by atoms with van der Waals surface area (Å²) in [5.41, 5.74) is 0.860. The molecule has 1 aliphatic carbocycles. The highest BCUT2D eigenvalue weighted by Gasteiger charge is 2.28. The van der Waals surface area contributed by atoms with E-state index in [9.17, 15) is 9.59 Å². The van der Waals surface area contributed by atoms with Crippen molar-refractivity contribution < 1.29 is 19.1 Å². The molecule has 4 nitrogen and oxygen atoms in total. The standard InChI is InChI=1S/C11H14O4/c1-7-5-4-6-10(14-8(2)12)11(7)15-9(3)13/h4-6,10-11H,1-3H3. The molecule has 0 fully saturated rings. The molecule has 4 heteroatoms. The molecule has 0 heterocycles. The van der Waals surface area contributed by atoms with Crippen LogP contribution in [0.2, 0.25) is 0 Å². The lowest BCUT2D eigenvalue weighted by atomic mass is 10.0. The van der Waals surface area contributed by atoms with Crippen LogP contribution < -0.4 is 0 Å². The summed E-state index contributed by atoms with van der Waals surface area (Å²) in [7, 11) is 0. The molecule has 0 bridgehead atoms. The SMILES string of the molecule is CC(=O)OC1C=CC=C(C)C1OC(C)=O. The fourth-order valence-corrected chi connectivity index (χ4v) is 1.40. The molecular weight excluding hydrogens is 196 g/mol. The summed E-state index contributed by atoms with van der Waals surface area (Å²) in [5, 5.41) is 0. The Morgan fingerprint density at radius 2 is 1.80 bits per heavy atom. The van der Waals surface area contributed by atoms with Crippen molar-refractivity contribution in [2.45, 2.75) is 33.0 Å². The molecule has 0 aromatic heterocycles. The van der Waals surface area contributed by atoms with Crippen molar-refractivity contribution in [2.24, 2.45) is 0 Å². The Morgan fingerprint density at radius 1 is 1.20 bits per heavy atom. The van der Waals surface area contributed by atoms with Crippen LogP contribution in [0.4, 0.5) is 0 Å². The Kier molecular flexibility index (Phi) is 3.66.